The van der Waals surface area contributed by atoms with Crippen molar-refractivity contribution < 1.29 is 0 Å². The van der Waals surface area contributed by atoms with Crippen molar-refractivity contribution >= 4 is 28.2 Å². The number of hydrogen-bond acceptors (Lipinski definition) is 5. The molecule has 13 heavy (non-hydrogen) atoms. The Morgan fingerprint density at radius 2 is 2.62 bits per heavy atom. The molecule has 0 radical (unpaired) electrons. The van der Waals surface area contributed by atoms with Crippen LogP contribution >= 0.6 is 23.1 Å². The molecule has 1 aliphatic rings. The average molecular weight is 215 g/mol. The Bertz CT molecular complexity index is 268. The van der Waals surface area contributed by atoms with Gasteiger partial charge >= 0.3 is 0 Å². The van der Waals surface area contributed by atoms with Gasteiger partial charge in [0.25, 0.3) is 0 Å². The third-order valence-corrected chi connectivity index (χ3v) is 3.95. The van der Waals surface area contributed by atoms with E-state index in [4.69, 9.17) is 0 Å². The van der Waals surface area contributed by atoms with Crippen LogP contribution in [0.25, 0.3) is 0 Å². The van der Waals surface area contributed by atoms with E-state index in [1.807, 2.05) is 18.8 Å². The molecule has 0 bridgehead atoms. The van der Waals surface area contributed by atoms with Crippen molar-refractivity contribution in [3.8, 4) is 0 Å². The molecule has 1 aliphatic heterocycles. The van der Waals surface area contributed by atoms with Crippen molar-refractivity contribution in [2.75, 3.05) is 30.4 Å². The first kappa shape index (κ1) is 9.30. The first-order chi connectivity index (χ1) is 6.40. The SMILES string of the molecule is CNc1nc(C2CSCCN2)cs1. The molecule has 1 aromatic rings. The van der Waals surface area contributed by atoms with E-state index in [1.54, 1.807) is 11.3 Å². The monoisotopic (exact) mass is 215 g/mol. The summed E-state index contributed by atoms with van der Waals surface area (Å²) in [7, 11) is 1.91. The van der Waals surface area contributed by atoms with Crippen molar-refractivity contribution in [2.24, 2.45) is 0 Å². The largest absolute Gasteiger partial charge is 0.365 e. The Balaban J connectivity index is 2.05. The van der Waals surface area contributed by atoms with Gasteiger partial charge in [0.1, 0.15) is 0 Å². The second-order valence-corrected chi connectivity index (χ2v) is 4.92. The standard InChI is InChI=1S/C8H13N3S2/c1-9-8-11-7(5-13-8)6-4-12-3-2-10-6/h5-6,10H,2-4H2,1H3,(H,9,11). The van der Waals surface area contributed by atoms with Crippen LogP contribution < -0.4 is 10.6 Å². The van der Waals surface area contributed by atoms with Crippen LogP contribution in [-0.2, 0) is 0 Å². The minimum atomic E-state index is 0.456. The molecule has 1 unspecified atom stereocenters. The molecule has 2 N–H and O–H groups in total. The van der Waals surface area contributed by atoms with Gasteiger partial charge in [-0.3, -0.25) is 0 Å². The van der Waals surface area contributed by atoms with E-state index in [0.717, 1.165) is 17.4 Å². The van der Waals surface area contributed by atoms with Gasteiger partial charge in [0, 0.05) is 30.5 Å². The highest BCUT2D eigenvalue weighted by molar-refractivity contribution is 7.99. The number of anilines is 1. The lowest BCUT2D eigenvalue weighted by atomic mass is 10.2. The molecule has 1 atom stereocenters. The molecule has 2 heterocycles. The fourth-order valence-corrected chi connectivity index (χ4v) is 2.99. The normalized spacial score (nSPS) is 23.0. The van der Waals surface area contributed by atoms with Crippen LogP contribution in [0.4, 0.5) is 5.13 Å². The van der Waals surface area contributed by atoms with E-state index in [-0.39, 0.29) is 0 Å². The summed E-state index contributed by atoms with van der Waals surface area (Å²) < 4.78 is 0. The van der Waals surface area contributed by atoms with Crippen LogP contribution in [0.2, 0.25) is 0 Å². The van der Waals surface area contributed by atoms with Crippen LogP contribution in [0, 0.1) is 0 Å². The Morgan fingerprint density at radius 3 is 3.23 bits per heavy atom. The summed E-state index contributed by atoms with van der Waals surface area (Å²) >= 11 is 3.67. The van der Waals surface area contributed by atoms with Crippen LogP contribution in [-0.4, -0.2) is 30.1 Å². The molecule has 0 aromatic carbocycles. The molecule has 1 saturated heterocycles. The first-order valence-corrected chi connectivity index (χ1v) is 6.38. The maximum atomic E-state index is 4.48. The van der Waals surface area contributed by atoms with Crippen LogP contribution in [0.1, 0.15) is 11.7 Å². The summed E-state index contributed by atoms with van der Waals surface area (Å²) in [6, 6.07) is 0.456. The van der Waals surface area contributed by atoms with Crippen molar-refractivity contribution in [1.29, 1.82) is 0 Å². The van der Waals surface area contributed by atoms with Crippen LogP contribution in [0.5, 0.6) is 0 Å². The van der Waals surface area contributed by atoms with E-state index in [9.17, 15) is 0 Å². The van der Waals surface area contributed by atoms with Crippen molar-refractivity contribution in [2.45, 2.75) is 6.04 Å². The second kappa shape index (κ2) is 4.30. The third-order valence-electron chi connectivity index (χ3n) is 2.01. The number of nitrogens with zero attached hydrogens (tertiary/aromatic N) is 1. The summed E-state index contributed by atoms with van der Waals surface area (Å²) in [4.78, 5) is 4.48. The van der Waals surface area contributed by atoms with Gasteiger partial charge in [-0.1, -0.05) is 0 Å². The third kappa shape index (κ3) is 2.15. The van der Waals surface area contributed by atoms with E-state index in [0.29, 0.717) is 6.04 Å². The summed E-state index contributed by atoms with van der Waals surface area (Å²) in [5.41, 5.74) is 1.18. The minimum absolute atomic E-state index is 0.456. The molecular formula is C8H13N3S2. The van der Waals surface area contributed by atoms with Crippen LogP contribution in [0.15, 0.2) is 5.38 Å². The summed E-state index contributed by atoms with van der Waals surface area (Å²) in [6.07, 6.45) is 0. The minimum Gasteiger partial charge on any atom is -0.365 e. The average Bonchev–Trinajstić information content (AvgIpc) is 2.67. The van der Waals surface area contributed by atoms with Gasteiger partial charge in [-0.25, -0.2) is 4.98 Å². The van der Waals surface area contributed by atoms with E-state index in [1.165, 1.54) is 11.4 Å². The van der Waals surface area contributed by atoms with Gasteiger partial charge in [0.05, 0.1) is 11.7 Å². The lowest BCUT2D eigenvalue weighted by Crippen LogP contribution is -2.30. The van der Waals surface area contributed by atoms with Gasteiger partial charge in [0.15, 0.2) is 5.13 Å². The zero-order valence-corrected chi connectivity index (χ0v) is 9.17. The van der Waals surface area contributed by atoms with E-state index < -0.39 is 0 Å². The number of hydrogen-bond donors (Lipinski definition) is 2. The molecule has 5 heteroatoms. The van der Waals surface area contributed by atoms with Crippen LogP contribution in [0.3, 0.4) is 0 Å². The van der Waals surface area contributed by atoms with Gasteiger partial charge in [0.2, 0.25) is 0 Å². The first-order valence-electron chi connectivity index (χ1n) is 4.34. The van der Waals surface area contributed by atoms with Gasteiger partial charge < -0.3 is 10.6 Å². The molecule has 1 aromatic heterocycles. The molecule has 0 spiro atoms. The lowest BCUT2D eigenvalue weighted by molar-refractivity contribution is 0.584. The Hall–Kier alpha value is -0.260. The Morgan fingerprint density at radius 1 is 1.69 bits per heavy atom. The van der Waals surface area contributed by atoms with E-state index >= 15 is 0 Å². The number of aromatic nitrogens is 1. The lowest BCUT2D eigenvalue weighted by Gasteiger charge is -2.21. The Labute approximate surface area is 86.3 Å². The van der Waals surface area contributed by atoms with Crippen molar-refractivity contribution in [3.05, 3.63) is 11.1 Å². The molecule has 0 aliphatic carbocycles. The fraction of sp³-hybridized carbons (Fsp3) is 0.625. The highest BCUT2D eigenvalue weighted by atomic mass is 32.2. The zero-order chi connectivity index (χ0) is 9.10. The molecule has 72 valence electrons. The fourth-order valence-electron chi connectivity index (χ4n) is 1.32. The molecule has 3 nitrogen and oxygen atoms in total. The predicted octanol–water partition coefficient (Wildman–Crippen LogP) is 1.56. The number of thioether (sulfide) groups is 1. The number of rotatable bonds is 2. The Kier molecular flexibility index (Phi) is 3.08. The zero-order valence-electron chi connectivity index (χ0n) is 7.54. The molecule has 1 fully saturated rings. The maximum absolute atomic E-state index is 4.48. The predicted molar refractivity (Wildman–Crippen MR) is 59.7 cm³/mol. The molecular weight excluding hydrogens is 202 g/mol. The summed E-state index contributed by atoms with van der Waals surface area (Å²) in [5, 5.41) is 9.67. The topological polar surface area (TPSA) is 37.0 Å². The molecule has 2 rings (SSSR count). The smallest absolute Gasteiger partial charge is 0.182 e. The van der Waals surface area contributed by atoms with Crippen molar-refractivity contribution in [3.63, 3.8) is 0 Å². The van der Waals surface area contributed by atoms with E-state index in [2.05, 4.69) is 21.0 Å². The maximum Gasteiger partial charge on any atom is 0.182 e. The summed E-state index contributed by atoms with van der Waals surface area (Å²) in [5.74, 6) is 2.37. The highest BCUT2D eigenvalue weighted by Crippen LogP contribution is 2.24. The molecule has 0 amide bonds. The number of thiazole rings is 1. The number of nitrogens with one attached hydrogen (secondary N) is 2. The second-order valence-electron chi connectivity index (χ2n) is 2.91. The van der Waals surface area contributed by atoms with Crippen molar-refractivity contribution in [1.82, 2.24) is 10.3 Å². The van der Waals surface area contributed by atoms with Gasteiger partial charge in [-0.2, -0.15) is 11.8 Å². The molecule has 0 saturated carbocycles. The van der Waals surface area contributed by atoms with Gasteiger partial charge in [-0.05, 0) is 0 Å². The van der Waals surface area contributed by atoms with Gasteiger partial charge in [-0.15, -0.1) is 11.3 Å². The summed E-state index contributed by atoms with van der Waals surface area (Å²) in [6.45, 7) is 1.10. The quantitative estimate of drug-likeness (QED) is 0.785. The highest BCUT2D eigenvalue weighted by Gasteiger charge is 2.17.